The van der Waals surface area contributed by atoms with E-state index in [9.17, 15) is 4.79 Å². The molecule has 0 radical (unpaired) electrons. The van der Waals surface area contributed by atoms with Gasteiger partial charge in [-0.1, -0.05) is 0 Å². The van der Waals surface area contributed by atoms with Crippen molar-refractivity contribution in [2.75, 3.05) is 5.43 Å². The lowest BCUT2D eigenvalue weighted by Gasteiger charge is -2.10. The zero-order valence-corrected chi connectivity index (χ0v) is 8.02. The van der Waals surface area contributed by atoms with Crippen LogP contribution in [0.4, 0.5) is 0 Å². The standard InChI is InChI=1S/C10H15N3O/c11-9(8-3-4-8)7-10(14)12-13-5-1-2-6-13/h1-2,5-6,8-9H,3-4,7,11H2,(H,12,14). The van der Waals surface area contributed by atoms with E-state index in [4.69, 9.17) is 5.73 Å². The average molecular weight is 193 g/mol. The zero-order chi connectivity index (χ0) is 9.97. The molecule has 1 atom stereocenters. The van der Waals surface area contributed by atoms with Gasteiger partial charge >= 0.3 is 0 Å². The monoisotopic (exact) mass is 193 g/mol. The third kappa shape index (κ3) is 2.35. The van der Waals surface area contributed by atoms with Crippen molar-refractivity contribution in [3.63, 3.8) is 0 Å². The number of hydrogen-bond acceptors (Lipinski definition) is 2. The first-order chi connectivity index (χ1) is 6.75. The number of hydrogen-bond donors (Lipinski definition) is 2. The predicted molar refractivity (Wildman–Crippen MR) is 54.1 cm³/mol. The summed E-state index contributed by atoms with van der Waals surface area (Å²) in [4.78, 5) is 11.4. The van der Waals surface area contributed by atoms with Gasteiger partial charge in [-0.25, -0.2) is 0 Å². The van der Waals surface area contributed by atoms with Crippen molar-refractivity contribution in [2.24, 2.45) is 11.7 Å². The van der Waals surface area contributed by atoms with Gasteiger partial charge in [-0.2, -0.15) is 0 Å². The molecule has 1 unspecified atom stereocenters. The Morgan fingerprint density at radius 1 is 1.50 bits per heavy atom. The molecule has 0 bridgehead atoms. The van der Waals surface area contributed by atoms with E-state index in [1.165, 1.54) is 12.8 Å². The third-order valence-corrected chi connectivity index (χ3v) is 2.51. The summed E-state index contributed by atoms with van der Waals surface area (Å²) in [6.45, 7) is 0. The van der Waals surface area contributed by atoms with Crippen molar-refractivity contribution >= 4 is 5.91 Å². The lowest BCUT2D eigenvalue weighted by atomic mass is 10.1. The Bertz CT molecular complexity index is 303. The summed E-state index contributed by atoms with van der Waals surface area (Å²) in [6.07, 6.45) is 6.36. The largest absolute Gasteiger partial charge is 0.327 e. The van der Waals surface area contributed by atoms with Gasteiger partial charge < -0.3 is 5.73 Å². The summed E-state index contributed by atoms with van der Waals surface area (Å²) < 4.78 is 1.64. The van der Waals surface area contributed by atoms with Crippen LogP contribution in [0.25, 0.3) is 0 Å². The van der Waals surface area contributed by atoms with Crippen molar-refractivity contribution < 1.29 is 4.79 Å². The highest BCUT2D eigenvalue weighted by Gasteiger charge is 2.29. The van der Waals surface area contributed by atoms with Gasteiger partial charge in [0.2, 0.25) is 5.91 Å². The van der Waals surface area contributed by atoms with Crippen molar-refractivity contribution in [1.29, 1.82) is 0 Å². The van der Waals surface area contributed by atoms with E-state index in [1.807, 2.05) is 12.1 Å². The molecule has 1 aliphatic carbocycles. The highest BCUT2D eigenvalue weighted by molar-refractivity contribution is 5.84. The molecule has 1 saturated carbocycles. The molecule has 14 heavy (non-hydrogen) atoms. The summed E-state index contributed by atoms with van der Waals surface area (Å²) in [6, 6.07) is 3.76. The molecule has 0 aliphatic heterocycles. The number of carbonyl (C=O) groups is 1. The smallest absolute Gasteiger partial charge is 0.240 e. The molecule has 1 heterocycles. The second kappa shape index (κ2) is 3.84. The molecule has 76 valence electrons. The van der Waals surface area contributed by atoms with Crippen LogP contribution in [0.15, 0.2) is 24.5 Å². The summed E-state index contributed by atoms with van der Waals surface area (Å²) >= 11 is 0. The predicted octanol–water partition coefficient (Wildman–Crippen LogP) is 0.686. The second-order valence-electron chi connectivity index (χ2n) is 3.83. The second-order valence-corrected chi connectivity index (χ2v) is 3.83. The van der Waals surface area contributed by atoms with Crippen LogP contribution in [0, 0.1) is 5.92 Å². The first kappa shape index (κ1) is 9.27. The molecule has 1 aromatic heterocycles. The van der Waals surface area contributed by atoms with E-state index in [-0.39, 0.29) is 11.9 Å². The minimum Gasteiger partial charge on any atom is -0.327 e. The third-order valence-electron chi connectivity index (χ3n) is 2.51. The summed E-state index contributed by atoms with van der Waals surface area (Å²) in [7, 11) is 0. The van der Waals surface area contributed by atoms with E-state index >= 15 is 0 Å². The Balaban J connectivity index is 1.78. The lowest BCUT2D eigenvalue weighted by molar-refractivity contribution is -0.117. The SMILES string of the molecule is NC(CC(=O)Nn1cccc1)C1CC1. The molecule has 1 aromatic rings. The molecular formula is C10H15N3O. The van der Waals surface area contributed by atoms with Gasteiger partial charge in [0.05, 0.1) is 0 Å². The molecule has 4 nitrogen and oxygen atoms in total. The van der Waals surface area contributed by atoms with Crippen molar-refractivity contribution in [3.05, 3.63) is 24.5 Å². The van der Waals surface area contributed by atoms with Gasteiger partial charge in [0.25, 0.3) is 0 Å². The normalized spacial score (nSPS) is 17.8. The molecule has 4 heteroatoms. The quantitative estimate of drug-likeness (QED) is 0.739. The molecule has 3 N–H and O–H groups in total. The fourth-order valence-electron chi connectivity index (χ4n) is 1.50. The van der Waals surface area contributed by atoms with E-state index in [2.05, 4.69) is 5.43 Å². The van der Waals surface area contributed by atoms with E-state index in [0.29, 0.717) is 12.3 Å². The van der Waals surface area contributed by atoms with Crippen LogP contribution in [-0.4, -0.2) is 16.6 Å². The van der Waals surface area contributed by atoms with Gasteiger partial charge in [-0.15, -0.1) is 0 Å². The Morgan fingerprint density at radius 3 is 2.71 bits per heavy atom. The Morgan fingerprint density at radius 2 is 2.14 bits per heavy atom. The van der Waals surface area contributed by atoms with Gasteiger partial charge in [0, 0.05) is 24.9 Å². The van der Waals surface area contributed by atoms with Crippen LogP contribution in [0.2, 0.25) is 0 Å². The molecule has 2 rings (SSSR count). The molecule has 0 saturated heterocycles. The van der Waals surface area contributed by atoms with Gasteiger partial charge in [0.1, 0.15) is 0 Å². The lowest BCUT2D eigenvalue weighted by Crippen LogP contribution is -2.31. The maximum atomic E-state index is 11.4. The summed E-state index contributed by atoms with van der Waals surface area (Å²) in [5.74, 6) is 0.561. The van der Waals surface area contributed by atoms with Crippen LogP contribution in [-0.2, 0) is 4.79 Å². The molecular weight excluding hydrogens is 178 g/mol. The van der Waals surface area contributed by atoms with Gasteiger partial charge in [-0.05, 0) is 30.9 Å². The Kier molecular flexibility index (Phi) is 2.54. The molecule has 0 aromatic carbocycles. The molecule has 1 amide bonds. The van der Waals surface area contributed by atoms with E-state index in [0.717, 1.165) is 0 Å². The maximum absolute atomic E-state index is 11.4. The van der Waals surface area contributed by atoms with Crippen LogP contribution >= 0.6 is 0 Å². The first-order valence-electron chi connectivity index (χ1n) is 4.94. The molecule has 0 spiro atoms. The fourth-order valence-corrected chi connectivity index (χ4v) is 1.50. The van der Waals surface area contributed by atoms with Gasteiger partial charge in [-0.3, -0.25) is 14.9 Å². The number of rotatable bonds is 4. The maximum Gasteiger partial charge on any atom is 0.240 e. The summed E-state index contributed by atoms with van der Waals surface area (Å²) in [5.41, 5.74) is 8.57. The van der Waals surface area contributed by atoms with Crippen molar-refractivity contribution in [3.8, 4) is 0 Å². The Hall–Kier alpha value is -1.29. The number of aromatic nitrogens is 1. The van der Waals surface area contributed by atoms with E-state index < -0.39 is 0 Å². The van der Waals surface area contributed by atoms with Crippen LogP contribution in [0.3, 0.4) is 0 Å². The number of nitrogens with two attached hydrogens (primary N) is 1. The Labute approximate surface area is 83.1 Å². The van der Waals surface area contributed by atoms with Gasteiger partial charge in [0.15, 0.2) is 0 Å². The fraction of sp³-hybridized carbons (Fsp3) is 0.500. The molecule has 1 fully saturated rings. The molecule has 1 aliphatic rings. The minimum atomic E-state index is -0.0133. The number of nitrogens with one attached hydrogen (secondary N) is 1. The zero-order valence-electron chi connectivity index (χ0n) is 8.02. The van der Waals surface area contributed by atoms with Crippen molar-refractivity contribution in [2.45, 2.75) is 25.3 Å². The number of amides is 1. The number of nitrogens with zero attached hydrogens (tertiary/aromatic N) is 1. The first-order valence-corrected chi connectivity index (χ1v) is 4.94. The highest BCUT2D eigenvalue weighted by atomic mass is 16.2. The highest BCUT2D eigenvalue weighted by Crippen LogP contribution is 2.32. The van der Waals surface area contributed by atoms with Crippen molar-refractivity contribution in [1.82, 2.24) is 4.68 Å². The number of carbonyl (C=O) groups excluding carboxylic acids is 1. The minimum absolute atomic E-state index is 0.0133. The summed E-state index contributed by atoms with van der Waals surface area (Å²) in [5, 5.41) is 0. The van der Waals surface area contributed by atoms with E-state index in [1.54, 1.807) is 17.1 Å². The van der Waals surface area contributed by atoms with Crippen LogP contribution < -0.4 is 11.2 Å². The van der Waals surface area contributed by atoms with Crippen LogP contribution in [0.1, 0.15) is 19.3 Å². The van der Waals surface area contributed by atoms with Crippen LogP contribution in [0.5, 0.6) is 0 Å². The topological polar surface area (TPSA) is 60.1 Å². The average Bonchev–Trinajstić information content (AvgIpc) is 2.87.